The largest absolute Gasteiger partial charge is 0.288 e. The van der Waals surface area contributed by atoms with Gasteiger partial charge >= 0.3 is 0 Å². The molecule has 2 rings (SSSR count). The van der Waals surface area contributed by atoms with Gasteiger partial charge in [0.05, 0.1) is 11.1 Å². The molecule has 0 aliphatic carbocycles. The second kappa shape index (κ2) is 2.15. The van der Waals surface area contributed by atoms with E-state index in [0.29, 0.717) is 0 Å². The molecule has 1 aromatic rings. The van der Waals surface area contributed by atoms with Crippen molar-refractivity contribution >= 4 is 11.8 Å². The van der Waals surface area contributed by atoms with E-state index in [0.717, 1.165) is 0 Å². The number of carbonyl (C=O) groups is 2. The van der Waals surface area contributed by atoms with Gasteiger partial charge in [0.25, 0.3) is 11.8 Å². The summed E-state index contributed by atoms with van der Waals surface area (Å²) < 4.78 is 0. The third-order valence-corrected chi connectivity index (χ3v) is 1.76. The molecule has 59 valence electrons. The summed E-state index contributed by atoms with van der Waals surface area (Å²) in [5.41, 5.74) is 0.384. The van der Waals surface area contributed by atoms with Crippen molar-refractivity contribution in [3.05, 3.63) is 35.4 Å². The van der Waals surface area contributed by atoms with Crippen LogP contribution in [0.5, 0.6) is 0 Å². The average Bonchev–Trinajstić information content (AvgIpc) is 2.33. The molecule has 0 saturated carbocycles. The second-order valence-corrected chi connectivity index (χ2v) is 2.45. The van der Waals surface area contributed by atoms with Crippen molar-refractivity contribution in [3.8, 4) is 0 Å². The summed E-state index contributed by atoms with van der Waals surface area (Å²) in [5, 5.41) is 10.7. The van der Waals surface area contributed by atoms with Gasteiger partial charge in [0.1, 0.15) is 0 Å². The van der Waals surface area contributed by atoms with Gasteiger partial charge in [-0.15, -0.1) is 5.06 Å². The minimum Gasteiger partial charge on any atom is -0.266 e. The number of hydroxylamine groups is 2. The van der Waals surface area contributed by atoms with Crippen molar-refractivity contribution in [1.82, 2.24) is 5.06 Å². The number of amides is 2. The van der Waals surface area contributed by atoms with Crippen molar-refractivity contribution < 1.29 is 14.8 Å². The number of imide groups is 1. The molecule has 0 spiro atoms. The Kier molecular flexibility index (Phi) is 1.25. The van der Waals surface area contributed by atoms with Crippen LogP contribution in [-0.4, -0.2) is 16.9 Å². The minimum atomic E-state index is -0.768. The molecule has 2 amide bonds. The molecular weight excluding hydrogens is 158 g/mol. The lowest BCUT2D eigenvalue weighted by molar-refractivity contribution is -0.0828. The van der Waals surface area contributed by atoms with Crippen molar-refractivity contribution in [2.24, 2.45) is 0 Å². The smallest absolute Gasteiger partial charge is 0.266 e. The van der Waals surface area contributed by atoms with Gasteiger partial charge in [-0.05, 0) is 12.1 Å². The van der Waals surface area contributed by atoms with Gasteiger partial charge in [0.15, 0.2) is 0 Å². The molecule has 12 heavy (non-hydrogen) atoms. The van der Waals surface area contributed by atoms with Crippen molar-refractivity contribution in [1.29, 1.82) is 0 Å². The first kappa shape index (κ1) is 7.00. The molecule has 0 fully saturated rings. The zero-order valence-electron chi connectivity index (χ0n) is 5.98. The molecule has 1 radical (unpaired) electrons. The highest BCUT2D eigenvalue weighted by atomic mass is 16.5. The van der Waals surface area contributed by atoms with Crippen LogP contribution >= 0.6 is 0 Å². The maximum Gasteiger partial charge on any atom is 0.288 e. The Labute approximate surface area is 68.0 Å². The number of nitrogens with zero attached hydrogens (tertiary/aromatic N) is 1. The molecule has 1 aliphatic heterocycles. The van der Waals surface area contributed by atoms with Crippen LogP contribution in [0.25, 0.3) is 0 Å². The van der Waals surface area contributed by atoms with E-state index in [9.17, 15) is 14.8 Å². The highest BCUT2D eigenvalue weighted by Gasteiger charge is 2.35. The monoisotopic (exact) mass is 162 g/mol. The normalized spacial score (nSPS) is 15.2. The Morgan fingerprint density at radius 3 is 1.75 bits per heavy atom. The zero-order valence-corrected chi connectivity index (χ0v) is 5.98. The molecule has 0 saturated heterocycles. The van der Waals surface area contributed by atoms with E-state index in [2.05, 4.69) is 0 Å². The molecular formula is C8H4NO3. The van der Waals surface area contributed by atoms with Crippen LogP contribution in [0.4, 0.5) is 0 Å². The molecule has 4 heteroatoms. The van der Waals surface area contributed by atoms with E-state index in [4.69, 9.17) is 0 Å². The first-order valence-corrected chi connectivity index (χ1v) is 3.37. The first-order chi connectivity index (χ1) is 5.72. The Balaban J connectivity index is 2.67. The lowest BCUT2D eigenvalue weighted by Gasteiger charge is -1.95. The topological polar surface area (TPSA) is 57.3 Å². The first-order valence-electron chi connectivity index (χ1n) is 3.37. The summed E-state index contributed by atoms with van der Waals surface area (Å²) in [4.78, 5) is 22.0. The third-order valence-electron chi connectivity index (χ3n) is 1.76. The summed E-state index contributed by atoms with van der Waals surface area (Å²) in [7, 11) is 0. The summed E-state index contributed by atoms with van der Waals surface area (Å²) >= 11 is 0. The number of hydrogen-bond donors (Lipinski definition) is 0. The molecule has 0 bridgehead atoms. The summed E-state index contributed by atoms with van der Waals surface area (Å²) in [5.74, 6) is -1.54. The van der Waals surface area contributed by atoms with Crippen LogP contribution in [0.15, 0.2) is 24.3 Å². The van der Waals surface area contributed by atoms with E-state index >= 15 is 0 Å². The van der Waals surface area contributed by atoms with Gasteiger partial charge in [-0.2, -0.15) is 0 Å². The lowest BCUT2D eigenvalue weighted by Crippen LogP contribution is -2.23. The van der Waals surface area contributed by atoms with Crippen LogP contribution < -0.4 is 0 Å². The van der Waals surface area contributed by atoms with E-state index < -0.39 is 11.8 Å². The third kappa shape index (κ3) is 0.695. The van der Waals surface area contributed by atoms with E-state index in [1.54, 1.807) is 12.1 Å². The Morgan fingerprint density at radius 2 is 1.33 bits per heavy atom. The van der Waals surface area contributed by atoms with Crippen molar-refractivity contribution in [3.63, 3.8) is 0 Å². The van der Waals surface area contributed by atoms with Crippen molar-refractivity contribution in [2.75, 3.05) is 0 Å². The Morgan fingerprint density at radius 1 is 0.917 bits per heavy atom. The summed E-state index contributed by atoms with van der Waals surface area (Å²) in [6.45, 7) is 0. The summed E-state index contributed by atoms with van der Waals surface area (Å²) in [6.07, 6.45) is 0. The number of benzene rings is 1. The average molecular weight is 162 g/mol. The fraction of sp³-hybridized carbons (Fsp3) is 0. The fourth-order valence-corrected chi connectivity index (χ4v) is 1.17. The van der Waals surface area contributed by atoms with Gasteiger partial charge in [0, 0.05) is 0 Å². The zero-order chi connectivity index (χ0) is 8.72. The Bertz CT molecular complexity index is 337. The highest BCUT2D eigenvalue weighted by molar-refractivity contribution is 6.20. The summed E-state index contributed by atoms with van der Waals surface area (Å²) in [6, 6.07) is 6.16. The van der Waals surface area contributed by atoms with E-state index in [1.807, 2.05) is 0 Å². The van der Waals surface area contributed by atoms with Gasteiger partial charge < -0.3 is 0 Å². The van der Waals surface area contributed by atoms with Crippen LogP contribution in [-0.2, 0) is 5.21 Å². The number of fused-ring (bicyclic) bond motifs is 1. The molecule has 4 nitrogen and oxygen atoms in total. The Hall–Kier alpha value is -1.68. The molecule has 0 atom stereocenters. The van der Waals surface area contributed by atoms with Crippen LogP contribution in [0, 0.1) is 0 Å². The molecule has 1 aliphatic rings. The lowest BCUT2D eigenvalue weighted by atomic mass is 10.1. The van der Waals surface area contributed by atoms with Gasteiger partial charge in [0.2, 0.25) is 0 Å². The maximum atomic E-state index is 11.0. The van der Waals surface area contributed by atoms with Crippen LogP contribution in [0.3, 0.4) is 0 Å². The SMILES string of the molecule is [O]N1C(=O)c2ccccc2C1=O. The van der Waals surface area contributed by atoms with Crippen LogP contribution in [0.1, 0.15) is 20.7 Å². The van der Waals surface area contributed by atoms with E-state index in [-0.39, 0.29) is 16.2 Å². The quantitative estimate of drug-likeness (QED) is 0.525. The molecule has 0 N–H and O–H groups in total. The number of hydrogen-bond acceptors (Lipinski definition) is 2. The molecule has 0 unspecified atom stereocenters. The molecule has 1 heterocycles. The predicted octanol–water partition coefficient (Wildman–Crippen LogP) is 0.628. The van der Waals surface area contributed by atoms with Gasteiger partial charge in [-0.25, -0.2) is 0 Å². The second-order valence-electron chi connectivity index (χ2n) is 2.45. The number of rotatable bonds is 0. The van der Waals surface area contributed by atoms with Gasteiger partial charge in [-0.3, -0.25) is 9.59 Å². The molecule has 1 aromatic carbocycles. The fourth-order valence-electron chi connectivity index (χ4n) is 1.17. The van der Waals surface area contributed by atoms with Gasteiger partial charge in [-0.1, -0.05) is 17.3 Å². The minimum absolute atomic E-state index is 0.120. The van der Waals surface area contributed by atoms with Crippen molar-refractivity contribution in [2.45, 2.75) is 0 Å². The van der Waals surface area contributed by atoms with E-state index in [1.165, 1.54) is 12.1 Å². The maximum absolute atomic E-state index is 11.0. The predicted molar refractivity (Wildman–Crippen MR) is 37.6 cm³/mol. The number of carbonyl (C=O) groups excluding carboxylic acids is 2. The molecule has 0 aromatic heterocycles. The standard InChI is InChI=1S/C8H4NO3/c10-7-5-3-1-2-4-6(5)8(11)9(7)12/h1-4H. The van der Waals surface area contributed by atoms with Crippen LogP contribution in [0.2, 0.25) is 0 Å². The highest BCUT2D eigenvalue weighted by Crippen LogP contribution is 2.20.